The topological polar surface area (TPSA) is 69.4 Å². The van der Waals surface area contributed by atoms with Crippen LogP contribution in [0.3, 0.4) is 0 Å². The number of hydrogen-bond acceptors (Lipinski definition) is 6. The predicted octanol–water partition coefficient (Wildman–Crippen LogP) is 3.72. The number of thiazole rings is 1. The fraction of sp³-hybridized carbons (Fsp3) is 0.0526. The molecule has 0 bridgehead atoms. The van der Waals surface area contributed by atoms with Gasteiger partial charge in [0.05, 0.1) is 22.2 Å². The van der Waals surface area contributed by atoms with Crippen LogP contribution < -0.4 is 14.8 Å². The molecule has 0 aliphatic heterocycles. The maximum absolute atomic E-state index is 12.9. The molecule has 0 amide bonds. The van der Waals surface area contributed by atoms with E-state index < -0.39 is 0 Å². The lowest BCUT2D eigenvalue weighted by atomic mass is 10.2. The minimum Gasteiger partial charge on any atom is -0.495 e. The van der Waals surface area contributed by atoms with E-state index in [2.05, 4.69) is 15.1 Å². The van der Waals surface area contributed by atoms with Crippen molar-refractivity contribution in [1.82, 2.24) is 19.6 Å². The fourth-order valence-electron chi connectivity index (χ4n) is 3.10. The summed E-state index contributed by atoms with van der Waals surface area (Å²) in [6.45, 7) is 0. The zero-order valence-electron chi connectivity index (χ0n) is 14.3. The average molecular weight is 429 g/mol. The standard InChI is InChI=1S/C19H10Cl2N4O2S/c1-27-16-9(6-10(20)8-12(16)21)7-14-18(26)25-19(28-14)23-17-15(24-25)11-4-2-3-5-13(11)22-17/h2-8H,1H3. The number of methoxy groups -OCH3 is 1. The van der Waals surface area contributed by atoms with Crippen LogP contribution in [0.5, 0.6) is 5.75 Å². The Labute approximate surface area is 171 Å². The van der Waals surface area contributed by atoms with Crippen molar-refractivity contribution < 1.29 is 4.74 Å². The van der Waals surface area contributed by atoms with Gasteiger partial charge < -0.3 is 4.74 Å². The normalized spacial score (nSPS) is 12.5. The largest absolute Gasteiger partial charge is 0.495 e. The van der Waals surface area contributed by atoms with Crippen molar-refractivity contribution in [2.24, 2.45) is 0 Å². The molecule has 2 aromatic carbocycles. The quantitative estimate of drug-likeness (QED) is 0.428. The molecule has 0 aliphatic rings. The summed E-state index contributed by atoms with van der Waals surface area (Å²) in [4.78, 5) is 22.4. The van der Waals surface area contributed by atoms with E-state index in [-0.39, 0.29) is 5.56 Å². The molecule has 0 aliphatic carbocycles. The maximum atomic E-state index is 12.9. The second-order valence-electron chi connectivity index (χ2n) is 6.03. The Morgan fingerprint density at radius 3 is 2.82 bits per heavy atom. The molecular formula is C19H10Cl2N4O2S. The summed E-state index contributed by atoms with van der Waals surface area (Å²) in [5.74, 6) is 0.445. The number of aromatic nitrogens is 4. The van der Waals surface area contributed by atoms with E-state index in [1.807, 2.05) is 24.3 Å². The minimum atomic E-state index is -0.280. The van der Waals surface area contributed by atoms with Gasteiger partial charge in [-0.15, -0.1) is 0 Å². The third-order valence-corrected chi connectivity index (χ3v) is 5.77. The van der Waals surface area contributed by atoms with Gasteiger partial charge in [0.15, 0.2) is 5.65 Å². The predicted molar refractivity (Wildman–Crippen MR) is 112 cm³/mol. The molecular weight excluding hydrogens is 419 g/mol. The van der Waals surface area contributed by atoms with Crippen LogP contribution in [-0.2, 0) is 0 Å². The van der Waals surface area contributed by atoms with Gasteiger partial charge in [-0.05, 0) is 24.3 Å². The van der Waals surface area contributed by atoms with Crippen LogP contribution in [0.4, 0.5) is 0 Å². The molecule has 6 nitrogen and oxygen atoms in total. The van der Waals surface area contributed by atoms with E-state index in [4.69, 9.17) is 27.9 Å². The third-order valence-electron chi connectivity index (χ3n) is 4.31. The van der Waals surface area contributed by atoms with Crippen molar-refractivity contribution in [2.75, 3.05) is 7.11 Å². The first-order chi connectivity index (χ1) is 13.5. The molecule has 3 heterocycles. The van der Waals surface area contributed by atoms with Crippen LogP contribution in [0.1, 0.15) is 5.56 Å². The molecule has 0 fully saturated rings. The number of fused-ring (bicyclic) bond motifs is 4. The summed E-state index contributed by atoms with van der Waals surface area (Å²) in [7, 11) is 1.51. The zero-order chi connectivity index (χ0) is 19.4. The van der Waals surface area contributed by atoms with E-state index in [9.17, 15) is 4.79 Å². The molecule has 0 atom stereocenters. The molecule has 9 heteroatoms. The highest BCUT2D eigenvalue weighted by atomic mass is 35.5. The Morgan fingerprint density at radius 2 is 2.00 bits per heavy atom. The zero-order valence-corrected chi connectivity index (χ0v) is 16.6. The first-order valence-corrected chi connectivity index (χ1v) is 9.75. The van der Waals surface area contributed by atoms with Gasteiger partial charge in [-0.3, -0.25) is 4.79 Å². The lowest BCUT2D eigenvalue weighted by molar-refractivity contribution is 0.414. The first-order valence-electron chi connectivity index (χ1n) is 8.18. The van der Waals surface area contributed by atoms with Gasteiger partial charge in [0.2, 0.25) is 4.96 Å². The van der Waals surface area contributed by atoms with Crippen LogP contribution in [0, 0.1) is 0 Å². The minimum absolute atomic E-state index is 0.280. The Kier molecular flexibility index (Phi) is 3.97. The molecule has 28 heavy (non-hydrogen) atoms. The number of halogens is 2. The lowest BCUT2D eigenvalue weighted by Gasteiger charge is -2.07. The summed E-state index contributed by atoms with van der Waals surface area (Å²) in [6.07, 6.45) is 1.68. The van der Waals surface area contributed by atoms with Crippen LogP contribution >= 0.6 is 34.5 Å². The smallest absolute Gasteiger partial charge is 0.291 e. The highest BCUT2D eigenvalue weighted by Gasteiger charge is 2.14. The Hall–Kier alpha value is -2.74. The van der Waals surface area contributed by atoms with Gasteiger partial charge >= 0.3 is 0 Å². The molecule has 0 spiro atoms. The van der Waals surface area contributed by atoms with Gasteiger partial charge in [-0.25, -0.2) is 4.98 Å². The molecule has 0 radical (unpaired) electrons. The summed E-state index contributed by atoms with van der Waals surface area (Å²) in [5, 5.41) is 6.17. The highest BCUT2D eigenvalue weighted by molar-refractivity contribution is 7.15. The molecule has 0 saturated carbocycles. The molecule has 0 N–H and O–H groups in total. The van der Waals surface area contributed by atoms with E-state index in [1.165, 1.54) is 23.0 Å². The molecule has 5 rings (SSSR count). The summed E-state index contributed by atoms with van der Waals surface area (Å²) >= 11 is 13.5. The van der Waals surface area contributed by atoms with Crippen molar-refractivity contribution in [3.8, 4) is 5.75 Å². The first kappa shape index (κ1) is 17.4. The van der Waals surface area contributed by atoms with Gasteiger partial charge in [0.25, 0.3) is 5.56 Å². The second-order valence-corrected chi connectivity index (χ2v) is 7.89. The Bertz CT molecular complexity index is 1510. The second kappa shape index (κ2) is 6.41. The van der Waals surface area contributed by atoms with Crippen molar-refractivity contribution in [3.05, 3.63) is 66.9 Å². The van der Waals surface area contributed by atoms with Crippen LogP contribution in [-0.4, -0.2) is 26.7 Å². The van der Waals surface area contributed by atoms with E-state index in [0.29, 0.717) is 42.0 Å². The highest BCUT2D eigenvalue weighted by Crippen LogP contribution is 2.32. The van der Waals surface area contributed by atoms with Crippen molar-refractivity contribution in [1.29, 1.82) is 0 Å². The van der Waals surface area contributed by atoms with Crippen molar-refractivity contribution in [2.45, 2.75) is 0 Å². The SMILES string of the molecule is COc1c(Cl)cc(Cl)cc1C=c1sc2nc3nc4ccccc4c3nn2c1=O. The van der Waals surface area contributed by atoms with Crippen LogP contribution in [0.15, 0.2) is 41.2 Å². The Balaban J connectivity index is 1.80. The number of benzene rings is 2. The number of rotatable bonds is 2. The molecule has 5 aromatic rings. The summed E-state index contributed by atoms with van der Waals surface area (Å²) in [6, 6.07) is 10.9. The monoisotopic (exact) mass is 428 g/mol. The van der Waals surface area contributed by atoms with Gasteiger partial charge in [0, 0.05) is 16.0 Å². The number of hydrogen-bond donors (Lipinski definition) is 0. The van der Waals surface area contributed by atoms with Gasteiger partial charge in [0.1, 0.15) is 11.3 Å². The van der Waals surface area contributed by atoms with Crippen molar-refractivity contribution in [3.63, 3.8) is 0 Å². The van der Waals surface area contributed by atoms with E-state index in [1.54, 1.807) is 18.2 Å². The van der Waals surface area contributed by atoms with Crippen molar-refractivity contribution >= 4 is 67.6 Å². The molecule has 138 valence electrons. The fourth-order valence-corrected chi connectivity index (χ4v) is 4.58. The molecule has 0 unspecified atom stereocenters. The summed E-state index contributed by atoms with van der Waals surface area (Å²) < 4.78 is 7.08. The number of para-hydroxylation sites is 1. The van der Waals surface area contributed by atoms with Gasteiger partial charge in [-0.2, -0.15) is 14.6 Å². The summed E-state index contributed by atoms with van der Waals surface area (Å²) in [5.41, 5.74) is 2.23. The van der Waals surface area contributed by atoms with Crippen LogP contribution in [0.25, 0.3) is 33.1 Å². The van der Waals surface area contributed by atoms with E-state index >= 15 is 0 Å². The molecule has 3 aromatic heterocycles. The maximum Gasteiger partial charge on any atom is 0.291 e. The Morgan fingerprint density at radius 1 is 1.18 bits per heavy atom. The average Bonchev–Trinajstić information content (AvgIpc) is 3.17. The van der Waals surface area contributed by atoms with Crippen LogP contribution in [0.2, 0.25) is 10.0 Å². The lowest BCUT2D eigenvalue weighted by Crippen LogP contribution is -2.24. The third kappa shape index (κ3) is 2.63. The molecule has 0 saturated heterocycles. The number of ether oxygens (including phenoxy) is 1. The number of nitrogens with zero attached hydrogens (tertiary/aromatic N) is 4. The van der Waals surface area contributed by atoms with E-state index in [0.717, 1.165) is 10.9 Å². The van der Waals surface area contributed by atoms with Gasteiger partial charge in [-0.1, -0.05) is 52.7 Å².